The first-order valence-electron chi connectivity index (χ1n) is 6.80. The summed E-state index contributed by atoms with van der Waals surface area (Å²) in [5.74, 6) is -0.211. The number of nitro groups is 1. The molecule has 106 valence electrons. The Morgan fingerprint density at radius 3 is 2.43 bits per heavy atom. The Morgan fingerprint density at radius 2 is 1.81 bits per heavy atom. The molecule has 3 rings (SSSR count). The molecule has 0 amide bonds. The number of nitrogens with zero attached hydrogens (tertiary/aromatic N) is 1. The van der Waals surface area contributed by atoms with Gasteiger partial charge in [0.2, 0.25) is 0 Å². The van der Waals surface area contributed by atoms with E-state index in [1.54, 1.807) is 36.4 Å². The highest BCUT2D eigenvalue weighted by Crippen LogP contribution is 2.32. The predicted octanol–water partition coefficient (Wildman–Crippen LogP) is 3.40. The number of hydrogen-bond acceptors (Lipinski definition) is 4. The smallest absolute Gasteiger partial charge is 0.293 e. The Balaban J connectivity index is 1.94. The Bertz CT molecular complexity index is 694. The Labute approximate surface area is 121 Å². The fourth-order valence-corrected chi connectivity index (χ4v) is 2.15. The molecule has 2 aromatic rings. The second-order valence-corrected chi connectivity index (χ2v) is 5.10. The minimum atomic E-state index is -0.452. The maximum absolute atomic E-state index is 12.3. The number of carbonyl (C=O) groups is 1. The highest BCUT2D eigenvalue weighted by molar-refractivity contribution is 6.09. The Morgan fingerprint density at radius 1 is 1.10 bits per heavy atom. The van der Waals surface area contributed by atoms with Crippen molar-refractivity contribution in [3.63, 3.8) is 0 Å². The molecule has 1 N–H and O–H groups in total. The summed E-state index contributed by atoms with van der Waals surface area (Å²) in [7, 11) is 0. The zero-order chi connectivity index (χ0) is 14.8. The van der Waals surface area contributed by atoms with E-state index < -0.39 is 4.92 Å². The van der Waals surface area contributed by atoms with Crippen LogP contribution in [0.15, 0.2) is 48.5 Å². The van der Waals surface area contributed by atoms with Gasteiger partial charge in [-0.1, -0.05) is 30.3 Å². The van der Waals surface area contributed by atoms with E-state index >= 15 is 0 Å². The summed E-state index contributed by atoms with van der Waals surface area (Å²) in [5, 5.41) is 14.3. The molecule has 0 radical (unpaired) electrons. The van der Waals surface area contributed by atoms with E-state index in [4.69, 9.17) is 0 Å². The van der Waals surface area contributed by atoms with E-state index in [1.807, 2.05) is 6.07 Å². The monoisotopic (exact) mass is 282 g/mol. The number of benzene rings is 2. The molecule has 0 saturated heterocycles. The number of anilines is 1. The van der Waals surface area contributed by atoms with E-state index in [1.165, 1.54) is 6.07 Å². The zero-order valence-electron chi connectivity index (χ0n) is 11.3. The fourth-order valence-electron chi connectivity index (χ4n) is 2.15. The standard InChI is InChI=1S/C16H14N2O3/c19-16(11-4-2-1-3-5-11)12-6-9-14(17-13-7-8-13)15(10-12)18(20)21/h1-6,9-10,13,17H,7-8H2. The number of ketones is 1. The lowest BCUT2D eigenvalue weighted by Gasteiger charge is -2.07. The lowest BCUT2D eigenvalue weighted by molar-refractivity contribution is -0.384. The molecule has 5 nitrogen and oxygen atoms in total. The molecule has 2 aromatic carbocycles. The summed E-state index contributed by atoms with van der Waals surface area (Å²) in [6.45, 7) is 0. The van der Waals surface area contributed by atoms with Crippen molar-refractivity contribution in [1.29, 1.82) is 0 Å². The first kappa shape index (κ1) is 13.3. The molecule has 1 fully saturated rings. The Kier molecular flexibility index (Phi) is 3.39. The molecule has 1 aliphatic rings. The van der Waals surface area contributed by atoms with Gasteiger partial charge in [-0.15, -0.1) is 0 Å². The zero-order valence-corrected chi connectivity index (χ0v) is 11.3. The van der Waals surface area contributed by atoms with E-state index in [9.17, 15) is 14.9 Å². The molecule has 1 aliphatic carbocycles. The van der Waals surface area contributed by atoms with Crippen LogP contribution < -0.4 is 5.32 Å². The predicted molar refractivity (Wildman–Crippen MR) is 79.6 cm³/mol. The van der Waals surface area contributed by atoms with E-state index in [0.29, 0.717) is 22.9 Å². The normalized spacial score (nSPS) is 13.7. The van der Waals surface area contributed by atoms with Gasteiger partial charge in [-0.3, -0.25) is 14.9 Å². The van der Waals surface area contributed by atoms with E-state index in [-0.39, 0.29) is 11.5 Å². The molecular formula is C16H14N2O3. The van der Waals surface area contributed by atoms with Crippen molar-refractivity contribution in [2.75, 3.05) is 5.32 Å². The topological polar surface area (TPSA) is 72.2 Å². The lowest BCUT2D eigenvalue weighted by atomic mass is 10.0. The number of carbonyl (C=O) groups excluding carboxylic acids is 1. The van der Waals surface area contributed by atoms with Gasteiger partial charge in [0.15, 0.2) is 5.78 Å². The van der Waals surface area contributed by atoms with Crippen LogP contribution in [0.2, 0.25) is 0 Å². The summed E-state index contributed by atoms with van der Waals surface area (Å²) < 4.78 is 0. The first-order valence-corrected chi connectivity index (χ1v) is 6.80. The van der Waals surface area contributed by atoms with Gasteiger partial charge in [0.05, 0.1) is 4.92 Å². The summed E-state index contributed by atoms with van der Waals surface area (Å²) >= 11 is 0. The fraction of sp³-hybridized carbons (Fsp3) is 0.188. The average Bonchev–Trinajstić information content (AvgIpc) is 3.31. The maximum atomic E-state index is 12.3. The van der Waals surface area contributed by atoms with Crippen molar-refractivity contribution < 1.29 is 9.72 Å². The van der Waals surface area contributed by atoms with Crippen molar-refractivity contribution in [3.8, 4) is 0 Å². The van der Waals surface area contributed by atoms with Crippen molar-refractivity contribution >= 4 is 17.2 Å². The molecule has 0 bridgehead atoms. The minimum absolute atomic E-state index is 0.0521. The van der Waals surface area contributed by atoms with Gasteiger partial charge in [0.25, 0.3) is 5.69 Å². The number of hydrogen-bond donors (Lipinski definition) is 1. The van der Waals surface area contributed by atoms with Crippen LogP contribution in [0.5, 0.6) is 0 Å². The summed E-state index contributed by atoms with van der Waals surface area (Å²) in [4.78, 5) is 23.1. The second-order valence-electron chi connectivity index (χ2n) is 5.10. The molecule has 0 unspecified atom stereocenters. The third-order valence-corrected chi connectivity index (χ3v) is 3.43. The van der Waals surface area contributed by atoms with Crippen LogP contribution >= 0.6 is 0 Å². The highest BCUT2D eigenvalue weighted by Gasteiger charge is 2.25. The number of rotatable bonds is 5. The van der Waals surface area contributed by atoms with Crippen LogP contribution in [0.25, 0.3) is 0 Å². The van der Waals surface area contributed by atoms with Crippen LogP contribution in [-0.4, -0.2) is 16.7 Å². The quantitative estimate of drug-likeness (QED) is 0.518. The molecule has 21 heavy (non-hydrogen) atoms. The summed E-state index contributed by atoms with van der Waals surface area (Å²) in [5.41, 5.74) is 1.28. The van der Waals surface area contributed by atoms with Gasteiger partial charge in [0, 0.05) is 23.2 Å². The summed E-state index contributed by atoms with van der Waals surface area (Å²) in [6.07, 6.45) is 2.06. The minimum Gasteiger partial charge on any atom is -0.377 e. The highest BCUT2D eigenvalue weighted by atomic mass is 16.6. The average molecular weight is 282 g/mol. The molecule has 0 spiro atoms. The summed E-state index contributed by atoms with van der Waals surface area (Å²) in [6, 6.07) is 13.7. The van der Waals surface area contributed by atoms with Crippen LogP contribution in [0.3, 0.4) is 0 Å². The van der Waals surface area contributed by atoms with Crippen LogP contribution in [-0.2, 0) is 0 Å². The van der Waals surface area contributed by atoms with Gasteiger partial charge >= 0.3 is 0 Å². The van der Waals surface area contributed by atoms with Crippen LogP contribution in [0.1, 0.15) is 28.8 Å². The molecule has 5 heteroatoms. The second kappa shape index (κ2) is 5.36. The molecule has 1 saturated carbocycles. The van der Waals surface area contributed by atoms with Crippen LogP contribution in [0.4, 0.5) is 11.4 Å². The van der Waals surface area contributed by atoms with Gasteiger partial charge in [-0.05, 0) is 25.0 Å². The van der Waals surface area contributed by atoms with Gasteiger partial charge in [-0.2, -0.15) is 0 Å². The SMILES string of the molecule is O=C(c1ccccc1)c1ccc(NC2CC2)c([N+](=O)[O-])c1. The maximum Gasteiger partial charge on any atom is 0.293 e. The van der Waals surface area contributed by atoms with Gasteiger partial charge in [-0.25, -0.2) is 0 Å². The number of nitrogens with one attached hydrogen (secondary N) is 1. The Hall–Kier alpha value is -2.69. The third kappa shape index (κ3) is 2.91. The van der Waals surface area contributed by atoms with E-state index in [2.05, 4.69) is 5.32 Å². The van der Waals surface area contributed by atoms with Gasteiger partial charge < -0.3 is 5.32 Å². The number of nitro benzene ring substituents is 1. The molecule has 0 aliphatic heterocycles. The van der Waals surface area contributed by atoms with Crippen molar-refractivity contribution in [2.45, 2.75) is 18.9 Å². The van der Waals surface area contributed by atoms with E-state index in [0.717, 1.165) is 12.8 Å². The molecule has 0 heterocycles. The third-order valence-electron chi connectivity index (χ3n) is 3.43. The van der Waals surface area contributed by atoms with Crippen molar-refractivity contribution in [1.82, 2.24) is 0 Å². The van der Waals surface area contributed by atoms with Crippen molar-refractivity contribution in [2.24, 2.45) is 0 Å². The first-order chi connectivity index (χ1) is 10.1. The largest absolute Gasteiger partial charge is 0.377 e. The lowest BCUT2D eigenvalue weighted by Crippen LogP contribution is -2.07. The van der Waals surface area contributed by atoms with Gasteiger partial charge in [0.1, 0.15) is 5.69 Å². The molecule has 0 aromatic heterocycles. The molecular weight excluding hydrogens is 268 g/mol. The van der Waals surface area contributed by atoms with Crippen LogP contribution in [0, 0.1) is 10.1 Å². The van der Waals surface area contributed by atoms with Crippen molar-refractivity contribution in [3.05, 3.63) is 69.8 Å². The molecule has 0 atom stereocenters.